The van der Waals surface area contributed by atoms with Crippen LogP contribution in [0.1, 0.15) is 10.4 Å². The first-order valence-corrected chi connectivity index (χ1v) is 7.73. The summed E-state index contributed by atoms with van der Waals surface area (Å²) < 4.78 is 40.0. The number of benzene rings is 2. The summed E-state index contributed by atoms with van der Waals surface area (Å²) in [5, 5.41) is 14.9. The van der Waals surface area contributed by atoms with Crippen LogP contribution in [0.25, 0.3) is 0 Å². The highest BCUT2D eigenvalue weighted by molar-refractivity contribution is 14.0. The molecule has 0 saturated heterocycles. The van der Waals surface area contributed by atoms with Crippen LogP contribution in [0.15, 0.2) is 53.5 Å². The van der Waals surface area contributed by atoms with Crippen LogP contribution in [0.3, 0.4) is 0 Å². The molecule has 11 heteroatoms. The number of phenols is 1. The molecule has 0 atom stereocenters. The lowest BCUT2D eigenvalue weighted by atomic mass is 10.2. The molecule has 0 radical (unpaired) electrons. The number of halogens is 4. The average Bonchev–Trinajstić information content (AvgIpc) is 2.59. The third-order valence-corrected chi connectivity index (χ3v) is 3.19. The molecule has 0 aliphatic rings. The Labute approximate surface area is 175 Å². The van der Waals surface area contributed by atoms with E-state index in [0.29, 0.717) is 5.69 Å². The summed E-state index contributed by atoms with van der Waals surface area (Å²) in [7, 11) is 0. The van der Waals surface area contributed by atoms with Crippen molar-refractivity contribution in [3.8, 4) is 11.5 Å². The van der Waals surface area contributed by atoms with Crippen LogP contribution in [0.2, 0.25) is 0 Å². The van der Waals surface area contributed by atoms with E-state index < -0.39 is 12.3 Å². The summed E-state index contributed by atoms with van der Waals surface area (Å²) in [5.74, 6) is -0.903. The standard InChI is InChI=1S/C17H17F3N4O3.HI/c18-17(19,20)27-12-7-5-11(6-8-12)24-16(21)23-10-9-22-15(26)13-3-1-2-4-14(13)25;/h1-8,25H,9-10H2,(H,22,26)(H3,21,23,24);1H. The zero-order valence-corrected chi connectivity index (χ0v) is 16.7. The first-order chi connectivity index (χ1) is 12.7. The summed E-state index contributed by atoms with van der Waals surface area (Å²) >= 11 is 0. The van der Waals surface area contributed by atoms with E-state index in [1.54, 1.807) is 12.1 Å². The predicted molar refractivity (Wildman–Crippen MR) is 109 cm³/mol. The van der Waals surface area contributed by atoms with Gasteiger partial charge in [0.15, 0.2) is 5.96 Å². The van der Waals surface area contributed by atoms with Crippen molar-refractivity contribution in [1.82, 2.24) is 5.32 Å². The van der Waals surface area contributed by atoms with Crippen LogP contribution in [0.4, 0.5) is 18.9 Å². The maximum Gasteiger partial charge on any atom is 0.573 e. The Morgan fingerprint density at radius 1 is 1.14 bits per heavy atom. The average molecular weight is 510 g/mol. The number of aromatic hydroxyl groups is 1. The normalized spacial score (nSPS) is 11.3. The zero-order chi connectivity index (χ0) is 19.9. The monoisotopic (exact) mass is 510 g/mol. The summed E-state index contributed by atoms with van der Waals surface area (Å²) in [5.41, 5.74) is 6.24. The number of carbonyl (C=O) groups is 1. The first-order valence-electron chi connectivity index (χ1n) is 7.73. The van der Waals surface area contributed by atoms with Gasteiger partial charge in [0, 0.05) is 12.2 Å². The van der Waals surface area contributed by atoms with Crippen molar-refractivity contribution in [3.63, 3.8) is 0 Å². The molecule has 0 bridgehead atoms. The van der Waals surface area contributed by atoms with E-state index in [0.717, 1.165) is 12.1 Å². The number of phenolic OH excluding ortho intramolecular Hbond substituents is 1. The Hall–Kier alpha value is -2.70. The number of aliphatic imine (C=N–C) groups is 1. The minimum Gasteiger partial charge on any atom is -0.507 e. The number of nitrogens with one attached hydrogen (secondary N) is 2. The van der Waals surface area contributed by atoms with E-state index in [4.69, 9.17) is 5.73 Å². The molecular weight excluding hydrogens is 492 g/mol. The lowest BCUT2D eigenvalue weighted by Crippen LogP contribution is -2.28. The van der Waals surface area contributed by atoms with Gasteiger partial charge in [0.1, 0.15) is 11.5 Å². The summed E-state index contributed by atoms with van der Waals surface area (Å²) in [6.07, 6.45) is -4.75. The van der Waals surface area contributed by atoms with Crippen LogP contribution < -0.4 is 21.1 Å². The molecule has 0 aromatic heterocycles. The van der Waals surface area contributed by atoms with Crippen LogP contribution in [-0.2, 0) is 0 Å². The topological polar surface area (TPSA) is 109 Å². The number of carbonyl (C=O) groups excluding carboxylic acids is 1. The van der Waals surface area contributed by atoms with Crippen molar-refractivity contribution in [2.45, 2.75) is 6.36 Å². The second-order valence-corrected chi connectivity index (χ2v) is 5.24. The molecule has 0 unspecified atom stereocenters. The highest BCUT2D eigenvalue weighted by Gasteiger charge is 2.30. The molecule has 1 amide bonds. The Kier molecular flexibility index (Phi) is 8.82. The summed E-state index contributed by atoms with van der Waals surface area (Å²) in [6.45, 7) is 0.335. The van der Waals surface area contributed by atoms with Gasteiger partial charge in [-0.25, -0.2) is 0 Å². The molecule has 0 saturated carbocycles. The van der Waals surface area contributed by atoms with Crippen molar-refractivity contribution < 1.29 is 27.8 Å². The Bertz CT molecular complexity index is 814. The van der Waals surface area contributed by atoms with Gasteiger partial charge >= 0.3 is 6.36 Å². The van der Waals surface area contributed by atoms with E-state index in [-0.39, 0.29) is 60.1 Å². The molecule has 152 valence electrons. The van der Waals surface area contributed by atoms with Gasteiger partial charge in [-0.1, -0.05) is 12.1 Å². The third-order valence-electron chi connectivity index (χ3n) is 3.19. The van der Waals surface area contributed by atoms with Crippen molar-refractivity contribution in [1.29, 1.82) is 0 Å². The number of nitrogens with zero attached hydrogens (tertiary/aromatic N) is 1. The fourth-order valence-electron chi connectivity index (χ4n) is 2.03. The van der Waals surface area contributed by atoms with Crippen molar-refractivity contribution >= 4 is 41.5 Å². The SMILES string of the molecule is I.NC(=NCCNC(=O)c1ccccc1O)Nc1ccc(OC(F)(F)F)cc1. The van der Waals surface area contributed by atoms with Crippen molar-refractivity contribution in [3.05, 3.63) is 54.1 Å². The molecule has 0 aliphatic heterocycles. The molecule has 2 rings (SSSR count). The second-order valence-electron chi connectivity index (χ2n) is 5.24. The van der Waals surface area contributed by atoms with Gasteiger partial charge in [0.05, 0.1) is 12.1 Å². The van der Waals surface area contributed by atoms with Gasteiger partial charge in [-0.15, -0.1) is 37.1 Å². The number of nitrogens with two attached hydrogens (primary N) is 1. The quantitative estimate of drug-likeness (QED) is 0.207. The lowest BCUT2D eigenvalue weighted by molar-refractivity contribution is -0.274. The zero-order valence-electron chi connectivity index (χ0n) is 14.4. The molecule has 0 heterocycles. The largest absolute Gasteiger partial charge is 0.573 e. The van der Waals surface area contributed by atoms with Gasteiger partial charge in [0.2, 0.25) is 0 Å². The van der Waals surface area contributed by atoms with E-state index >= 15 is 0 Å². The fourth-order valence-corrected chi connectivity index (χ4v) is 2.03. The number of guanidine groups is 1. The highest BCUT2D eigenvalue weighted by atomic mass is 127. The second kappa shape index (κ2) is 10.6. The van der Waals surface area contributed by atoms with E-state index in [2.05, 4.69) is 20.4 Å². The van der Waals surface area contributed by atoms with Crippen LogP contribution in [0, 0.1) is 0 Å². The molecule has 0 fully saturated rings. The molecule has 28 heavy (non-hydrogen) atoms. The number of hydrogen-bond donors (Lipinski definition) is 4. The third kappa shape index (κ3) is 7.90. The van der Waals surface area contributed by atoms with E-state index in [9.17, 15) is 23.1 Å². The molecule has 0 spiro atoms. The molecule has 0 aliphatic carbocycles. The minimum atomic E-state index is -4.75. The number of rotatable bonds is 6. The summed E-state index contributed by atoms with van der Waals surface area (Å²) in [4.78, 5) is 15.9. The number of alkyl halides is 3. The maximum atomic E-state index is 12.1. The van der Waals surface area contributed by atoms with Crippen LogP contribution in [0.5, 0.6) is 11.5 Å². The molecular formula is C17H18F3IN4O3. The Morgan fingerprint density at radius 2 is 1.79 bits per heavy atom. The minimum absolute atomic E-state index is 0. The fraction of sp³-hybridized carbons (Fsp3) is 0.176. The Morgan fingerprint density at radius 3 is 2.39 bits per heavy atom. The van der Waals surface area contributed by atoms with E-state index in [1.165, 1.54) is 24.3 Å². The number of amides is 1. The summed E-state index contributed by atoms with van der Waals surface area (Å²) in [6, 6.07) is 11.1. The first kappa shape index (κ1) is 23.3. The Balaban J connectivity index is 0.00000392. The predicted octanol–water partition coefficient (Wildman–Crippen LogP) is 3.07. The van der Waals surface area contributed by atoms with Gasteiger partial charge < -0.3 is 26.2 Å². The highest BCUT2D eigenvalue weighted by Crippen LogP contribution is 2.23. The van der Waals surface area contributed by atoms with Crippen molar-refractivity contribution in [2.24, 2.45) is 10.7 Å². The van der Waals surface area contributed by atoms with E-state index in [1.807, 2.05) is 0 Å². The smallest absolute Gasteiger partial charge is 0.507 e. The molecule has 2 aromatic rings. The van der Waals surface area contributed by atoms with Gasteiger partial charge in [-0.05, 0) is 36.4 Å². The lowest BCUT2D eigenvalue weighted by Gasteiger charge is -2.10. The number of para-hydroxylation sites is 1. The molecule has 2 aromatic carbocycles. The number of hydrogen-bond acceptors (Lipinski definition) is 4. The van der Waals surface area contributed by atoms with Gasteiger partial charge in [-0.3, -0.25) is 9.79 Å². The molecule has 5 N–H and O–H groups in total. The van der Waals surface area contributed by atoms with Crippen molar-refractivity contribution in [2.75, 3.05) is 18.4 Å². The number of ether oxygens (including phenoxy) is 1. The van der Waals surface area contributed by atoms with Crippen LogP contribution >= 0.6 is 24.0 Å². The maximum absolute atomic E-state index is 12.1. The van der Waals surface area contributed by atoms with Gasteiger partial charge in [-0.2, -0.15) is 0 Å². The van der Waals surface area contributed by atoms with Crippen LogP contribution in [-0.4, -0.2) is 36.4 Å². The molecule has 7 nitrogen and oxygen atoms in total. The number of anilines is 1. The van der Waals surface area contributed by atoms with Gasteiger partial charge in [0.25, 0.3) is 5.91 Å².